The molecule has 0 N–H and O–H groups in total. The van der Waals surface area contributed by atoms with Gasteiger partial charge in [0.15, 0.2) is 0 Å². The fourth-order valence-corrected chi connectivity index (χ4v) is 2.58. The molecule has 0 saturated heterocycles. The van der Waals surface area contributed by atoms with Gasteiger partial charge in [0, 0.05) is 5.38 Å². The summed E-state index contributed by atoms with van der Waals surface area (Å²) < 4.78 is 39.8. The molecule has 0 spiro atoms. The summed E-state index contributed by atoms with van der Waals surface area (Å²) in [7, 11) is 0. The zero-order valence-electron chi connectivity index (χ0n) is 9.71. The molecule has 2 rings (SSSR count). The van der Waals surface area contributed by atoms with Crippen molar-refractivity contribution in [3.8, 4) is 5.75 Å². The molecule has 0 aliphatic heterocycles. The summed E-state index contributed by atoms with van der Waals surface area (Å²) in [6.07, 6.45) is -0.709. The Labute approximate surface area is 109 Å². The number of halogens is 4. The van der Waals surface area contributed by atoms with Gasteiger partial charge in [0.1, 0.15) is 5.75 Å². The number of alkyl halides is 4. The Hall–Kier alpha value is -0.900. The summed E-state index contributed by atoms with van der Waals surface area (Å²) in [5.74, 6) is 0.234. The minimum absolute atomic E-state index is 0.169. The summed E-state index contributed by atoms with van der Waals surface area (Å²) in [5, 5.41) is 0.245. The summed E-state index contributed by atoms with van der Waals surface area (Å²) in [5.41, 5.74) is 1.06. The van der Waals surface area contributed by atoms with E-state index in [1.807, 2.05) is 0 Å². The molecule has 0 radical (unpaired) electrons. The fraction of sp³-hybridized carbons (Fsp3) is 0.538. The topological polar surface area (TPSA) is 9.23 Å². The van der Waals surface area contributed by atoms with E-state index >= 15 is 0 Å². The second-order valence-corrected chi connectivity index (χ2v) is 5.18. The molecule has 1 fully saturated rings. The van der Waals surface area contributed by atoms with Crippen LogP contribution in [0.2, 0.25) is 0 Å². The lowest BCUT2D eigenvalue weighted by Gasteiger charge is -2.25. The Morgan fingerprint density at radius 3 is 2.06 bits per heavy atom. The van der Waals surface area contributed by atoms with E-state index in [4.69, 9.17) is 11.6 Å². The van der Waals surface area contributed by atoms with Gasteiger partial charge in [-0.1, -0.05) is 12.1 Å². The predicted octanol–water partition coefficient (Wildman–Crippen LogP) is 4.85. The highest BCUT2D eigenvalue weighted by atomic mass is 35.5. The number of ether oxygens (including phenoxy) is 1. The summed E-state index contributed by atoms with van der Waals surface area (Å²) >= 11 is 6.02. The minimum atomic E-state index is -4.63. The first-order valence-electron chi connectivity index (χ1n) is 5.94. The van der Waals surface area contributed by atoms with Gasteiger partial charge in [-0.25, -0.2) is 0 Å². The van der Waals surface area contributed by atoms with Crippen molar-refractivity contribution < 1.29 is 17.9 Å². The normalized spacial score (nSPS) is 24.9. The highest BCUT2D eigenvalue weighted by molar-refractivity contribution is 6.20. The summed E-state index contributed by atoms with van der Waals surface area (Å²) in [6, 6.07) is 6.16. The first-order valence-corrected chi connectivity index (χ1v) is 6.37. The molecule has 5 heteroatoms. The van der Waals surface area contributed by atoms with Gasteiger partial charge in [0.05, 0.1) is 0 Å². The van der Waals surface area contributed by atoms with Crippen molar-refractivity contribution in [2.75, 3.05) is 0 Å². The highest BCUT2D eigenvalue weighted by Crippen LogP contribution is 2.35. The van der Waals surface area contributed by atoms with Gasteiger partial charge in [0.2, 0.25) is 0 Å². The van der Waals surface area contributed by atoms with E-state index in [-0.39, 0.29) is 11.1 Å². The molecule has 0 heterocycles. The molecule has 1 aromatic rings. The molecular weight excluding hydrogens is 265 g/mol. The van der Waals surface area contributed by atoms with Crippen molar-refractivity contribution >= 4 is 11.6 Å². The molecule has 1 aromatic carbocycles. The first-order chi connectivity index (χ1) is 8.44. The van der Waals surface area contributed by atoms with Crippen molar-refractivity contribution in [1.29, 1.82) is 0 Å². The van der Waals surface area contributed by atoms with Gasteiger partial charge in [-0.3, -0.25) is 0 Å². The number of hydrogen-bond donors (Lipinski definition) is 0. The quantitative estimate of drug-likeness (QED) is 0.703. The Balaban J connectivity index is 1.99. The van der Waals surface area contributed by atoms with Crippen LogP contribution in [0, 0.1) is 0 Å². The second-order valence-electron chi connectivity index (χ2n) is 4.57. The van der Waals surface area contributed by atoms with E-state index in [0.717, 1.165) is 31.2 Å². The highest BCUT2D eigenvalue weighted by Gasteiger charge is 2.31. The molecule has 0 bridgehead atoms. The van der Waals surface area contributed by atoms with E-state index in [1.54, 1.807) is 12.1 Å². The Morgan fingerprint density at radius 2 is 1.56 bits per heavy atom. The maximum atomic E-state index is 12.0. The molecule has 18 heavy (non-hydrogen) atoms. The molecule has 0 atom stereocenters. The van der Waals surface area contributed by atoms with Gasteiger partial charge in [-0.05, 0) is 49.3 Å². The Morgan fingerprint density at radius 1 is 1.00 bits per heavy atom. The van der Waals surface area contributed by atoms with Crippen molar-refractivity contribution in [1.82, 2.24) is 0 Å². The monoisotopic (exact) mass is 278 g/mol. The van der Waals surface area contributed by atoms with E-state index in [0.29, 0.717) is 5.92 Å². The number of benzene rings is 1. The standard InChI is InChI=1S/C13H14ClF3O/c14-11-5-1-9(2-6-11)10-3-7-12(8-4-10)18-13(15,16)17/h3-4,7-9,11H,1-2,5-6H2. The molecule has 100 valence electrons. The average Bonchev–Trinajstić information content (AvgIpc) is 2.29. The van der Waals surface area contributed by atoms with Gasteiger partial charge in [0.25, 0.3) is 0 Å². The molecule has 1 aliphatic rings. The van der Waals surface area contributed by atoms with Crippen LogP contribution >= 0.6 is 11.6 Å². The van der Waals surface area contributed by atoms with Crippen LogP contribution in [0.4, 0.5) is 13.2 Å². The van der Waals surface area contributed by atoms with Gasteiger partial charge in [-0.2, -0.15) is 0 Å². The van der Waals surface area contributed by atoms with Gasteiger partial charge in [-0.15, -0.1) is 24.8 Å². The molecular formula is C13H14ClF3O. The van der Waals surface area contributed by atoms with Crippen molar-refractivity contribution in [2.24, 2.45) is 0 Å². The number of rotatable bonds is 2. The summed E-state index contributed by atoms with van der Waals surface area (Å²) in [4.78, 5) is 0. The average molecular weight is 279 g/mol. The van der Waals surface area contributed by atoms with Crippen LogP contribution in [-0.2, 0) is 0 Å². The van der Waals surface area contributed by atoms with Crippen LogP contribution in [0.15, 0.2) is 24.3 Å². The van der Waals surface area contributed by atoms with Crippen LogP contribution in [0.25, 0.3) is 0 Å². The van der Waals surface area contributed by atoms with Crippen molar-refractivity contribution in [3.05, 3.63) is 29.8 Å². The van der Waals surface area contributed by atoms with Gasteiger partial charge >= 0.3 is 6.36 Å². The van der Waals surface area contributed by atoms with E-state index in [9.17, 15) is 13.2 Å². The Kier molecular flexibility index (Phi) is 4.05. The van der Waals surface area contributed by atoms with E-state index in [1.165, 1.54) is 12.1 Å². The van der Waals surface area contributed by atoms with E-state index < -0.39 is 6.36 Å². The van der Waals surface area contributed by atoms with Crippen molar-refractivity contribution in [3.63, 3.8) is 0 Å². The van der Waals surface area contributed by atoms with Crippen LogP contribution < -0.4 is 4.74 Å². The minimum Gasteiger partial charge on any atom is -0.406 e. The maximum absolute atomic E-state index is 12.0. The van der Waals surface area contributed by atoms with Gasteiger partial charge < -0.3 is 4.74 Å². The predicted molar refractivity (Wildman–Crippen MR) is 64.0 cm³/mol. The van der Waals surface area contributed by atoms with Crippen LogP contribution in [0.3, 0.4) is 0 Å². The smallest absolute Gasteiger partial charge is 0.406 e. The van der Waals surface area contributed by atoms with Crippen LogP contribution in [0.5, 0.6) is 5.75 Å². The van der Waals surface area contributed by atoms with Crippen LogP contribution in [0.1, 0.15) is 37.2 Å². The van der Waals surface area contributed by atoms with Crippen molar-refractivity contribution in [2.45, 2.75) is 43.3 Å². The number of hydrogen-bond acceptors (Lipinski definition) is 1. The lowest BCUT2D eigenvalue weighted by molar-refractivity contribution is -0.274. The SMILES string of the molecule is FC(F)(F)Oc1ccc(C2CCC(Cl)CC2)cc1. The zero-order valence-corrected chi connectivity index (χ0v) is 10.5. The molecule has 1 saturated carbocycles. The third-order valence-electron chi connectivity index (χ3n) is 3.24. The lowest BCUT2D eigenvalue weighted by atomic mass is 9.84. The maximum Gasteiger partial charge on any atom is 0.573 e. The van der Waals surface area contributed by atoms with E-state index in [2.05, 4.69) is 4.74 Å². The molecule has 1 aliphatic carbocycles. The molecule has 0 aromatic heterocycles. The third kappa shape index (κ3) is 3.80. The Bertz CT molecular complexity index is 380. The van der Waals surface area contributed by atoms with Crippen LogP contribution in [-0.4, -0.2) is 11.7 Å². The first kappa shape index (κ1) is 13.5. The molecule has 0 amide bonds. The third-order valence-corrected chi connectivity index (χ3v) is 3.68. The molecule has 0 unspecified atom stereocenters. The second kappa shape index (κ2) is 5.39. The fourth-order valence-electron chi connectivity index (χ4n) is 2.33. The lowest BCUT2D eigenvalue weighted by Crippen LogP contribution is -2.17. The largest absolute Gasteiger partial charge is 0.573 e. The molecule has 1 nitrogen and oxygen atoms in total. The zero-order chi connectivity index (χ0) is 13.2. The summed E-state index contributed by atoms with van der Waals surface area (Å²) in [6.45, 7) is 0.